The van der Waals surface area contributed by atoms with Gasteiger partial charge < -0.3 is 13.9 Å². The molecule has 1 aliphatic heterocycles. The molecule has 7 heteroatoms. The van der Waals surface area contributed by atoms with E-state index in [-0.39, 0.29) is 0 Å². The Bertz CT molecular complexity index is 3160. The Balaban J connectivity index is 1.17. The molecule has 0 saturated carbocycles. The summed E-state index contributed by atoms with van der Waals surface area (Å²) in [5, 5.41) is 22.7. The highest BCUT2D eigenvalue weighted by Crippen LogP contribution is 2.56. The predicted octanol–water partition coefficient (Wildman–Crippen LogP) is 9.46. The first-order chi connectivity index (χ1) is 27.1. The Morgan fingerprint density at radius 2 is 1.36 bits per heavy atom. The summed E-state index contributed by atoms with van der Waals surface area (Å²) >= 11 is 0. The number of benzene rings is 6. The zero-order chi connectivity index (χ0) is 36.8. The topological polar surface area (TPSA) is 83.4 Å². The minimum Gasteiger partial charge on any atom is -0.458 e. The normalized spacial score (nSPS) is 13.2. The smallest absolute Gasteiger partial charge is 0.244 e. The van der Waals surface area contributed by atoms with E-state index in [2.05, 4.69) is 106 Å². The van der Waals surface area contributed by atoms with Gasteiger partial charge in [-0.1, -0.05) is 72.8 Å². The fourth-order valence-electron chi connectivity index (χ4n) is 8.97. The van der Waals surface area contributed by atoms with Gasteiger partial charge in [0.25, 0.3) is 0 Å². The Morgan fingerprint density at radius 3 is 2.11 bits per heavy atom. The van der Waals surface area contributed by atoms with Crippen molar-refractivity contribution in [2.24, 2.45) is 7.05 Å². The van der Waals surface area contributed by atoms with Gasteiger partial charge in [0.2, 0.25) is 6.33 Å². The van der Waals surface area contributed by atoms with Crippen LogP contribution in [0.2, 0.25) is 0 Å². The summed E-state index contributed by atoms with van der Waals surface area (Å²) in [7, 11) is 2.01. The molecule has 2 aliphatic rings. The van der Waals surface area contributed by atoms with E-state index >= 15 is 0 Å². The Hall–Kier alpha value is -7.74. The first-order valence-electron chi connectivity index (χ1n) is 18.0. The fraction of sp³-hybridized carbons (Fsp3) is 0.0417. The second kappa shape index (κ2) is 11.4. The highest BCUT2D eigenvalue weighted by Gasteiger charge is 2.47. The van der Waals surface area contributed by atoms with Gasteiger partial charge in [0, 0.05) is 23.0 Å². The first-order valence-corrected chi connectivity index (χ1v) is 18.0. The molecule has 55 heavy (non-hydrogen) atoms. The van der Waals surface area contributed by atoms with Crippen molar-refractivity contribution in [1.82, 2.24) is 14.1 Å². The summed E-state index contributed by atoms with van der Waals surface area (Å²) < 4.78 is 13.1. The molecule has 6 aromatic carbocycles. The number of ether oxygens (including phenoxy) is 1. The maximum Gasteiger partial charge on any atom is 0.244 e. The lowest BCUT2D eigenvalue weighted by atomic mass is 9.61. The van der Waals surface area contributed by atoms with E-state index in [1.165, 1.54) is 0 Å². The lowest BCUT2D eigenvalue weighted by Crippen LogP contribution is -2.36. The average Bonchev–Trinajstić information content (AvgIpc) is 3.70. The van der Waals surface area contributed by atoms with Gasteiger partial charge in [-0.05, 0) is 100 Å². The summed E-state index contributed by atoms with van der Waals surface area (Å²) in [4.78, 5) is 4.70. The molecular formula is C48H28N6O. The molecular weight excluding hydrogens is 677 g/mol. The van der Waals surface area contributed by atoms with Crippen molar-refractivity contribution in [2.75, 3.05) is 0 Å². The number of para-hydroxylation sites is 2. The molecule has 0 unspecified atom stereocenters. The summed E-state index contributed by atoms with van der Waals surface area (Å²) in [6.45, 7) is 0. The van der Waals surface area contributed by atoms with E-state index in [9.17, 15) is 10.5 Å². The van der Waals surface area contributed by atoms with Crippen molar-refractivity contribution in [2.45, 2.75) is 5.41 Å². The minimum atomic E-state index is -0.890. The Morgan fingerprint density at radius 1 is 0.655 bits per heavy atom. The summed E-state index contributed by atoms with van der Waals surface area (Å²) in [6, 6.07) is 49.7. The first kappa shape index (κ1) is 30.8. The number of aryl methyl sites for hydroxylation is 1. The van der Waals surface area contributed by atoms with Crippen LogP contribution >= 0.6 is 0 Å². The predicted molar refractivity (Wildman–Crippen MR) is 212 cm³/mol. The molecule has 0 atom stereocenters. The molecule has 9 aromatic rings. The van der Waals surface area contributed by atoms with Crippen molar-refractivity contribution >= 4 is 45.0 Å². The molecule has 256 valence electrons. The van der Waals surface area contributed by atoms with Crippen LogP contribution in [0.25, 0.3) is 56.5 Å². The van der Waals surface area contributed by atoms with Crippen molar-refractivity contribution in [3.05, 3.63) is 190 Å². The molecule has 1 spiro atoms. The lowest BCUT2D eigenvalue weighted by molar-refractivity contribution is -0.649. The number of aromatic nitrogens is 4. The molecule has 0 fully saturated rings. The van der Waals surface area contributed by atoms with Crippen molar-refractivity contribution < 1.29 is 9.30 Å². The third-order valence-electron chi connectivity index (χ3n) is 11.2. The van der Waals surface area contributed by atoms with Crippen LogP contribution in [0.3, 0.4) is 0 Å². The number of hydrogen-bond acceptors (Lipinski definition) is 4. The monoisotopic (exact) mass is 704 g/mol. The number of rotatable bonds is 3. The number of hydrogen-bond donors (Lipinski definition) is 0. The van der Waals surface area contributed by atoms with E-state index in [1.54, 1.807) is 0 Å². The standard InChI is InChI=1S/C48H28N6O/c1-52-29-53-45-26-35(55-34-18-20-37-36-7-2-3-9-42(36)54(44(37)25-34)46-11-4-5-22-51-46)19-21-38(45)48(39-8-6-10-43(52)47(39)53)40-23-30(27-49)12-14-32(40)16-17-33-15-13-31(28-50)24-41(33)48/h2-26H,1H3. The highest BCUT2D eigenvalue weighted by molar-refractivity contribution is 6.09. The zero-order valence-corrected chi connectivity index (χ0v) is 29.5. The van der Waals surface area contributed by atoms with Crippen LogP contribution in [-0.2, 0) is 12.5 Å². The quantitative estimate of drug-likeness (QED) is 0.136. The van der Waals surface area contributed by atoms with Gasteiger partial charge in [-0.15, -0.1) is 0 Å². The van der Waals surface area contributed by atoms with Crippen molar-refractivity contribution in [3.63, 3.8) is 0 Å². The molecule has 11 rings (SSSR count). The number of imidazole rings is 1. The Kier molecular flexibility index (Phi) is 6.38. The third-order valence-corrected chi connectivity index (χ3v) is 11.2. The van der Waals surface area contributed by atoms with E-state index in [0.29, 0.717) is 22.6 Å². The summed E-state index contributed by atoms with van der Waals surface area (Å²) in [6.07, 6.45) is 9.63. The van der Waals surface area contributed by atoms with E-state index in [1.807, 2.05) is 84.5 Å². The van der Waals surface area contributed by atoms with Crippen LogP contribution in [0, 0.1) is 29.0 Å². The second-order valence-electron chi connectivity index (χ2n) is 14.1. The fourth-order valence-corrected chi connectivity index (χ4v) is 8.97. The molecule has 0 radical (unpaired) electrons. The van der Waals surface area contributed by atoms with Crippen molar-refractivity contribution in [1.29, 1.82) is 10.5 Å². The molecule has 1 aliphatic carbocycles. The number of pyridine rings is 1. The van der Waals surface area contributed by atoms with Gasteiger partial charge in [-0.3, -0.25) is 4.57 Å². The lowest BCUT2D eigenvalue weighted by Gasteiger charge is -2.43. The van der Waals surface area contributed by atoms with Gasteiger partial charge >= 0.3 is 0 Å². The zero-order valence-electron chi connectivity index (χ0n) is 29.5. The van der Waals surface area contributed by atoms with Gasteiger partial charge in [0.15, 0.2) is 0 Å². The van der Waals surface area contributed by atoms with Gasteiger partial charge in [0.1, 0.15) is 17.3 Å². The maximum absolute atomic E-state index is 10.2. The van der Waals surface area contributed by atoms with Crippen LogP contribution in [0.1, 0.15) is 44.5 Å². The van der Waals surface area contributed by atoms with Gasteiger partial charge in [-0.2, -0.15) is 10.5 Å². The molecule has 0 N–H and O–H groups in total. The van der Waals surface area contributed by atoms with Crippen LogP contribution < -0.4 is 9.30 Å². The van der Waals surface area contributed by atoms with E-state index in [4.69, 9.17) is 9.72 Å². The molecule has 0 saturated heterocycles. The minimum absolute atomic E-state index is 0.566. The highest BCUT2D eigenvalue weighted by atomic mass is 16.5. The van der Waals surface area contributed by atoms with E-state index in [0.717, 1.165) is 77.7 Å². The average molecular weight is 705 g/mol. The SMILES string of the molecule is C[n+]1[c-]n2c3c(cccc31)C1(c3cc(C#N)ccc3C=Cc3ccc(C#N)cc31)c1ccc(Oc3ccc4c5ccccc5n(-c5ccccn5)c4c3)cc1-2. The van der Waals surface area contributed by atoms with Crippen LogP contribution in [0.4, 0.5) is 0 Å². The van der Waals surface area contributed by atoms with Gasteiger partial charge in [-0.25, -0.2) is 4.98 Å². The number of nitrogens with zero attached hydrogens (tertiary/aromatic N) is 6. The third kappa shape index (κ3) is 4.24. The van der Waals surface area contributed by atoms with Crippen LogP contribution in [-0.4, -0.2) is 14.1 Å². The Labute approximate surface area is 316 Å². The molecule has 7 nitrogen and oxygen atoms in total. The van der Waals surface area contributed by atoms with Crippen molar-refractivity contribution in [3.8, 4) is 35.1 Å². The summed E-state index contributed by atoms with van der Waals surface area (Å²) in [5.74, 6) is 2.19. The van der Waals surface area contributed by atoms with E-state index < -0.39 is 5.41 Å². The molecule has 0 amide bonds. The maximum atomic E-state index is 10.2. The van der Waals surface area contributed by atoms with Gasteiger partial charge in [0.05, 0.1) is 63.5 Å². The molecule has 3 aromatic heterocycles. The number of fused-ring (bicyclic) bond motifs is 11. The van der Waals surface area contributed by atoms with Crippen LogP contribution in [0.5, 0.6) is 11.5 Å². The summed E-state index contributed by atoms with van der Waals surface area (Å²) in [5.41, 5.74) is 11.2. The number of nitriles is 2. The largest absolute Gasteiger partial charge is 0.458 e. The molecule has 4 heterocycles. The molecule has 0 bridgehead atoms. The second-order valence-corrected chi connectivity index (χ2v) is 14.1. The van der Waals surface area contributed by atoms with Crippen LogP contribution in [0.15, 0.2) is 140 Å².